The van der Waals surface area contributed by atoms with E-state index in [2.05, 4.69) is 32.8 Å². The highest BCUT2D eigenvalue weighted by molar-refractivity contribution is 9.10. The molecular formula is C13H13BrN2OS. The van der Waals surface area contributed by atoms with E-state index in [4.69, 9.17) is 17.0 Å². The third-order valence-electron chi connectivity index (χ3n) is 2.60. The predicted molar refractivity (Wildman–Crippen MR) is 78.5 cm³/mol. The summed E-state index contributed by atoms with van der Waals surface area (Å²) in [6.07, 6.45) is 0.899. The summed E-state index contributed by atoms with van der Waals surface area (Å²) in [5.41, 5.74) is 2.06. The minimum absolute atomic E-state index is 0.604. The molecule has 2 aromatic rings. The highest BCUT2D eigenvalue weighted by Crippen LogP contribution is 2.29. The molecule has 0 spiro atoms. The molecule has 0 radical (unpaired) electrons. The second kappa shape index (κ2) is 5.63. The molecule has 0 bridgehead atoms. The van der Waals surface area contributed by atoms with Gasteiger partial charge in [-0.2, -0.15) is 0 Å². The first kappa shape index (κ1) is 13.2. The first-order valence-corrected chi connectivity index (χ1v) is 6.78. The number of aromatic amines is 1. The number of aryl methyl sites for hydroxylation is 1. The molecular weight excluding hydrogens is 312 g/mol. The molecule has 18 heavy (non-hydrogen) atoms. The molecule has 5 heteroatoms. The summed E-state index contributed by atoms with van der Waals surface area (Å²) in [6, 6.07) is 7.70. The molecule has 3 nitrogen and oxygen atoms in total. The smallest absolute Gasteiger partial charge is 0.139 e. The molecule has 1 N–H and O–H groups in total. The van der Waals surface area contributed by atoms with Crippen molar-refractivity contribution in [2.45, 2.75) is 13.3 Å². The molecule has 0 unspecified atom stereocenters. The summed E-state index contributed by atoms with van der Waals surface area (Å²) in [4.78, 5) is 7.62. The first-order chi connectivity index (χ1) is 8.63. The number of aromatic nitrogens is 2. The van der Waals surface area contributed by atoms with Gasteiger partial charge in [0.05, 0.1) is 11.6 Å². The third-order valence-corrected chi connectivity index (χ3v) is 3.43. The highest BCUT2D eigenvalue weighted by Gasteiger charge is 2.06. The SMILES string of the molecule is CCc1cc(=S)nc(-c2ccc(OC)c(Br)c2)[nH]1. The van der Waals surface area contributed by atoms with E-state index in [0.29, 0.717) is 4.64 Å². The summed E-state index contributed by atoms with van der Waals surface area (Å²) in [6.45, 7) is 2.08. The maximum Gasteiger partial charge on any atom is 0.139 e. The lowest BCUT2D eigenvalue weighted by Crippen LogP contribution is -1.95. The minimum Gasteiger partial charge on any atom is -0.496 e. The average Bonchev–Trinajstić information content (AvgIpc) is 2.37. The lowest BCUT2D eigenvalue weighted by molar-refractivity contribution is 0.412. The van der Waals surface area contributed by atoms with Gasteiger partial charge in [0.2, 0.25) is 0 Å². The van der Waals surface area contributed by atoms with Gasteiger partial charge >= 0.3 is 0 Å². The first-order valence-electron chi connectivity index (χ1n) is 5.58. The third kappa shape index (κ3) is 2.79. The number of benzene rings is 1. The van der Waals surface area contributed by atoms with Crippen molar-refractivity contribution in [3.63, 3.8) is 0 Å². The van der Waals surface area contributed by atoms with Crippen LogP contribution in [0.25, 0.3) is 11.4 Å². The standard InChI is InChI=1S/C13H13BrN2OS/c1-3-9-7-12(18)16-13(15-9)8-4-5-11(17-2)10(14)6-8/h4-7H,3H2,1-2H3,(H,15,16,18). The number of hydrogen-bond acceptors (Lipinski definition) is 3. The maximum atomic E-state index is 5.21. The number of H-pyrrole nitrogens is 1. The molecule has 0 saturated carbocycles. The molecule has 0 fully saturated rings. The van der Waals surface area contributed by atoms with Gasteiger partial charge in [-0.05, 0) is 46.6 Å². The number of nitrogens with one attached hydrogen (secondary N) is 1. The predicted octanol–water partition coefficient (Wildman–Crippen LogP) is 4.14. The molecule has 2 rings (SSSR count). The van der Waals surface area contributed by atoms with E-state index in [1.807, 2.05) is 24.3 Å². The van der Waals surface area contributed by atoms with Crippen molar-refractivity contribution in [2.24, 2.45) is 0 Å². The van der Waals surface area contributed by atoms with Crippen molar-refractivity contribution in [3.05, 3.63) is 39.1 Å². The fourth-order valence-corrected chi connectivity index (χ4v) is 2.42. The molecule has 0 amide bonds. The lowest BCUT2D eigenvalue weighted by Gasteiger charge is -2.07. The minimum atomic E-state index is 0.604. The van der Waals surface area contributed by atoms with E-state index in [1.54, 1.807) is 7.11 Å². The summed E-state index contributed by atoms with van der Waals surface area (Å²) < 4.78 is 6.70. The van der Waals surface area contributed by atoms with E-state index in [0.717, 1.165) is 33.7 Å². The van der Waals surface area contributed by atoms with Gasteiger partial charge in [-0.25, -0.2) is 4.98 Å². The topological polar surface area (TPSA) is 37.9 Å². The van der Waals surface area contributed by atoms with Crippen LogP contribution in [0.3, 0.4) is 0 Å². The Balaban J connectivity index is 2.51. The van der Waals surface area contributed by atoms with E-state index in [1.165, 1.54) is 0 Å². The number of hydrogen-bond donors (Lipinski definition) is 1. The van der Waals surface area contributed by atoms with E-state index in [-0.39, 0.29) is 0 Å². The van der Waals surface area contributed by atoms with Crippen molar-refractivity contribution >= 4 is 28.1 Å². The number of methoxy groups -OCH3 is 1. The fraction of sp³-hybridized carbons (Fsp3) is 0.231. The van der Waals surface area contributed by atoms with Crippen LogP contribution in [0.15, 0.2) is 28.7 Å². The van der Waals surface area contributed by atoms with Gasteiger partial charge in [-0.3, -0.25) is 0 Å². The van der Waals surface area contributed by atoms with Gasteiger partial charge in [0, 0.05) is 11.3 Å². The normalized spacial score (nSPS) is 10.4. The Morgan fingerprint density at radius 3 is 2.78 bits per heavy atom. The lowest BCUT2D eigenvalue weighted by atomic mass is 10.2. The second-order valence-corrected chi connectivity index (χ2v) is 5.07. The van der Waals surface area contributed by atoms with Crippen LogP contribution in [0.2, 0.25) is 0 Å². The zero-order chi connectivity index (χ0) is 13.1. The average molecular weight is 325 g/mol. The number of ether oxygens (including phenoxy) is 1. The van der Waals surface area contributed by atoms with E-state index < -0.39 is 0 Å². The van der Waals surface area contributed by atoms with Gasteiger partial charge in [-0.1, -0.05) is 19.1 Å². The number of rotatable bonds is 3. The zero-order valence-electron chi connectivity index (χ0n) is 10.2. The van der Waals surface area contributed by atoms with Crippen molar-refractivity contribution in [1.29, 1.82) is 0 Å². The Labute approximate surface area is 119 Å². The Morgan fingerprint density at radius 1 is 1.39 bits per heavy atom. The second-order valence-electron chi connectivity index (χ2n) is 3.80. The molecule has 1 heterocycles. The fourth-order valence-electron chi connectivity index (χ4n) is 1.65. The van der Waals surface area contributed by atoms with Gasteiger partial charge in [0.15, 0.2) is 0 Å². The number of nitrogens with zero attached hydrogens (tertiary/aromatic N) is 1. The Bertz CT molecular complexity index is 625. The Kier molecular flexibility index (Phi) is 4.14. The van der Waals surface area contributed by atoms with Crippen molar-refractivity contribution in [2.75, 3.05) is 7.11 Å². The van der Waals surface area contributed by atoms with Crippen LogP contribution in [0.1, 0.15) is 12.6 Å². The maximum absolute atomic E-state index is 5.21. The van der Waals surface area contributed by atoms with Crippen LogP contribution in [-0.4, -0.2) is 17.1 Å². The molecule has 94 valence electrons. The van der Waals surface area contributed by atoms with Crippen molar-refractivity contribution < 1.29 is 4.74 Å². The van der Waals surface area contributed by atoms with Gasteiger partial charge in [-0.15, -0.1) is 0 Å². The van der Waals surface area contributed by atoms with Gasteiger partial charge in [0.1, 0.15) is 16.2 Å². The van der Waals surface area contributed by atoms with E-state index in [9.17, 15) is 0 Å². The molecule has 1 aromatic carbocycles. The summed E-state index contributed by atoms with van der Waals surface area (Å²) in [5.74, 6) is 1.58. The molecule has 0 aliphatic heterocycles. The van der Waals surface area contributed by atoms with Crippen LogP contribution in [0.5, 0.6) is 5.75 Å². The van der Waals surface area contributed by atoms with Crippen molar-refractivity contribution in [3.8, 4) is 17.1 Å². The van der Waals surface area contributed by atoms with Crippen LogP contribution in [0.4, 0.5) is 0 Å². The molecule has 1 aromatic heterocycles. The zero-order valence-corrected chi connectivity index (χ0v) is 12.6. The summed E-state index contributed by atoms with van der Waals surface area (Å²) >= 11 is 8.63. The van der Waals surface area contributed by atoms with Crippen molar-refractivity contribution in [1.82, 2.24) is 9.97 Å². The Hall–Kier alpha value is -1.20. The quantitative estimate of drug-likeness (QED) is 0.862. The largest absolute Gasteiger partial charge is 0.496 e. The number of halogens is 1. The molecule has 0 aliphatic rings. The Morgan fingerprint density at radius 2 is 2.17 bits per heavy atom. The molecule has 0 aliphatic carbocycles. The van der Waals surface area contributed by atoms with E-state index >= 15 is 0 Å². The summed E-state index contributed by atoms with van der Waals surface area (Å²) in [7, 11) is 1.64. The van der Waals surface area contributed by atoms with Crippen LogP contribution in [0, 0.1) is 4.64 Å². The van der Waals surface area contributed by atoms with Crippen LogP contribution < -0.4 is 4.74 Å². The van der Waals surface area contributed by atoms with Crippen LogP contribution >= 0.6 is 28.1 Å². The summed E-state index contributed by atoms with van der Waals surface area (Å²) in [5, 5.41) is 0. The molecule has 0 atom stereocenters. The highest BCUT2D eigenvalue weighted by atomic mass is 79.9. The van der Waals surface area contributed by atoms with Gasteiger partial charge < -0.3 is 9.72 Å². The monoisotopic (exact) mass is 324 g/mol. The van der Waals surface area contributed by atoms with Crippen LogP contribution in [-0.2, 0) is 6.42 Å². The molecule has 0 saturated heterocycles. The van der Waals surface area contributed by atoms with Gasteiger partial charge in [0.25, 0.3) is 0 Å².